The van der Waals surface area contributed by atoms with Crippen LogP contribution >= 0.6 is 15.9 Å². The first kappa shape index (κ1) is 15.1. The largest absolute Gasteiger partial charge is 0.383 e. The Morgan fingerprint density at radius 1 is 1.50 bits per heavy atom. The molecule has 0 bridgehead atoms. The summed E-state index contributed by atoms with van der Waals surface area (Å²) in [6.45, 7) is 3.11. The molecule has 0 atom stereocenters. The fraction of sp³-hybridized carbons (Fsp3) is 0.417. The van der Waals surface area contributed by atoms with Gasteiger partial charge in [-0.05, 0) is 40.5 Å². The Morgan fingerprint density at radius 3 is 2.89 bits per heavy atom. The molecule has 0 fully saturated rings. The number of anilines is 1. The third-order valence-electron chi connectivity index (χ3n) is 2.31. The van der Waals surface area contributed by atoms with Crippen LogP contribution in [0.3, 0.4) is 0 Å². The van der Waals surface area contributed by atoms with Crippen molar-refractivity contribution in [2.24, 2.45) is 0 Å². The molecule has 6 heteroatoms. The molecule has 2 N–H and O–H groups in total. The molecule has 0 spiro atoms. The number of halogens is 2. The van der Waals surface area contributed by atoms with E-state index in [9.17, 15) is 9.18 Å². The highest BCUT2D eigenvalue weighted by molar-refractivity contribution is 9.10. The average molecular weight is 319 g/mol. The summed E-state index contributed by atoms with van der Waals surface area (Å²) in [5.74, 6) is -0.612. The lowest BCUT2D eigenvalue weighted by Crippen LogP contribution is -2.30. The molecule has 0 heterocycles. The van der Waals surface area contributed by atoms with Crippen molar-refractivity contribution < 1.29 is 13.9 Å². The van der Waals surface area contributed by atoms with Crippen LogP contribution in [0.2, 0.25) is 0 Å². The van der Waals surface area contributed by atoms with E-state index in [1.54, 1.807) is 20.1 Å². The molecular formula is C12H16BrFN2O2. The summed E-state index contributed by atoms with van der Waals surface area (Å²) in [5, 5.41) is 5.56. The number of carbonyl (C=O) groups is 1. The van der Waals surface area contributed by atoms with Gasteiger partial charge in [-0.25, -0.2) is 4.39 Å². The number of methoxy groups -OCH3 is 1. The fourth-order valence-corrected chi connectivity index (χ4v) is 1.81. The third-order valence-corrected chi connectivity index (χ3v) is 2.92. The number of hydrogen-bond donors (Lipinski definition) is 2. The van der Waals surface area contributed by atoms with E-state index in [2.05, 4.69) is 26.6 Å². The fourth-order valence-electron chi connectivity index (χ4n) is 1.35. The Morgan fingerprint density at radius 2 is 2.22 bits per heavy atom. The minimum absolute atomic E-state index is 0.167. The van der Waals surface area contributed by atoms with Gasteiger partial charge in [-0.1, -0.05) is 0 Å². The molecule has 0 aliphatic carbocycles. The molecule has 0 unspecified atom stereocenters. The van der Waals surface area contributed by atoms with E-state index >= 15 is 0 Å². The molecule has 0 radical (unpaired) electrons. The van der Waals surface area contributed by atoms with E-state index in [4.69, 9.17) is 4.74 Å². The van der Waals surface area contributed by atoms with Crippen LogP contribution in [0.15, 0.2) is 16.6 Å². The Labute approximate surface area is 114 Å². The quantitative estimate of drug-likeness (QED) is 0.789. The van der Waals surface area contributed by atoms with Crippen LogP contribution in [0, 0.1) is 12.7 Å². The van der Waals surface area contributed by atoms with Crippen LogP contribution in [-0.2, 0) is 9.53 Å². The van der Waals surface area contributed by atoms with E-state index in [1.165, 1.54) is 6.07 Å². The first-order valence-electron chi connectivity index (χ1n) is 5.49. The van der Waals surface area contributed by atoms with E-state index in [-0.39, 0.29) is 12.5 Å². The molecule has 0 saturated heterocycles. The van der Waals surface area contributed by atoms with E-state index in [1.807, 2.05) is 0 Å². The highest BCUT2D eigenvalue weighted by Crippen LogP contribution is 2.23. The molecule has 1 aromatic rings. The second kappa shape index (κ2) is 7.45. The Balaban J connectivity index is 2.51. The van der Waals surface area contributed by atoms with Gasteiger partial charge < -0.3 is 15.4 Å². The van der Waals surface area contributed by atoms with Gasteiger partial charge in [-0.15, -0.1) is 0 Å². The molecule has 1 rings (SSSR count). The highest BCUT2D eigenvalue weighted by Gasteiger charge is 2.08. The average Bonchev–Trinajstić information content (AvgIpc) is 2.32. The van der Waals surface area contributed by atoms with Gasteiger partial charge in [0.15, 0.2) is 0 Å². The molecule has 100 valence electrons. The van der Waals surface area contributed by atoms with E-state index in [0.717, 1.165) is 5.56 Å². The molecule has 1 amide bonds. The minimum atomic E-state index is -0.400. The molecule has 0 aliphatic heterocycles. The van der Waals surface area contributed by atoms with Crippen LogP contribution in [0.1, 0.15) is 5.56 Å². The van der Waals surface area contributed by atoms with E-state index in [0.29, 0.717) is 23.3 Å². The van der Waals surface area contributed by atoms with Crippen LogP contribution < -0.4 is 10.6 Å². The van der Waals surface area contributed by atoms with Crippen molar-refractivity contribution in [1.82, 2.24) is 5.32 Å². The number of benzene rings is 1. The van der Waals surface area contributed by atoms with Crippen molar-refractivity contribution in [1.29, 1.82) is 0 Å². The third kappa shape index (κ3) is 4.72. The monoisotopic (exact) mass is 318 g/mol. The second-order valence-corrected chi connectivity index (χ2v) is 4.65. The van der Waals surface area contributed by atoms with Crippen LogP contribution in [-0.4, -0.2) is 32.7 Å². The number of hydrogen-bond acceptors (Lipinski definition) is 3. The van der Waals surface area contributed by atoms with Gasteiger partial charge in [0, 0.05) is 19.3 Å². The summed E-state index contributed by atoms with van der Waals surface area (Å²) >= 11 is 3.09. The number of rotatable bonds is 6. The van der Waals surface area contributed by atoms with Gasteiger partial charge in [-0.3, -0.25) is 4.79 Å². The van der Waals surface area contributed by atoms with Crippen molar-refractivity contribution in [3.63, 3.8) is 0 Å². The van der Waals surface area contributed by atoms with Crippen LogP contribution in [0.25, 0.3) is 0 Å². The van der Waals surface area contributed by atoms with Gasteiger partial charge in [0.25, 0.3) is 0 Å². The highest BCUT2D eigenvalue weighted by atomic mass is 79.9. The lowest BCUT2D eigenvalue weighted by Gasteiger charge is -2.10. The van der Waals surface area contributed by atoms with Gasteiger partial charge in [0.05, 0.1) is 17.6 Å². The van der Waals surface area contributed by atoms with Gasteiger partial charge >= 0.3 is 0 Å². The summed E-state index contributed by atoms with van der Waals surface area (Å²) in [7, 11) is 1.59. The molecule has 0 saturated carbocycles. The standard InChI is InChI=1S/C12H16BrFN2O2/c1-8-5-9(13)10(14)6-11(8)16-12(17)7-15-3-4-18-2/h5-6,15H,3-4,7H2,1-2H3,(H,16,17). The summed E-state index contributed by atoms with van der Waals surface area (Å²) in [5.41, 5.74) is 1.28. The van der Waals surface area contributed by atoms with Gasteiger partial charge in [0.1, 0.15) is 5.82 Å². The molecule has 18 heavy (non-hydrogen) atoms. The number of amides is 1. The number of aryl methyl sites for hydroxylation is 1. The van der Waals surface area contributed by atoms with Crippen molar-refractivity contribution >= 4 is 27.5 Å². The van der Waals surface area contributed by atoms with Crippen LogP contribution in [0.5, 0.6) is 0 Å². The number of carbonyl (C=O) groups excluding carboxylic acids is 1. The lowest BCUT2D eigenvalue weighted by atomic mass is 10.2. The summed E-state index contributed by atoms with van der Waals surface area (Å²) in [6.07, 6.45) is 0. The first-order chi connectivity index (χ1) is 8.54. The zero-order valence-electron chi connectivity index (χ0n) is 10.3. The Kier molecular flexibility index (Phi) is 6.24. The maximum Gasteiger partial charge on any atom is 0.238 e. The number of nitrogens with one attached hydrogen (secondary N) is 2. The molecule has 0 aromatic heterocycles. The summed E-state index contributed by atoms with van der Waals surface area (Å²) < 4.78 is 18.6. The molecule has 1 aromatic carbocycles. The first-order valence-corrected chi connectivity index (χ1v) is 6.29. The summed E-state index contributed by atoms with van der Waals surface area (Å²) in [6, 6.07) is 2.93. The van der Waals surface area contributed by atoms with Crippen molar-refractivity contribution in [2.45, 2.75) is 6.92 Å². The SMILES string of the molecule is COCCNCC(=O)Nc1cc(F)c(Br)cc1C. The Bertz CT molecular complexity index is 427. The van der Waals surface area contributed by atoms with Crippen molar-refractivity contribution in [3.05, 3.63) is 28.0 Å². The van der Waals surface area contributed by atoms with Crippen molar-refractivity contribution in [2.75, 3.05) is 32.1 Å². The lowest BCUT2D eigenvalue weighted by molar-refractivity contribution is -0.115. The predicted octanol–water partition coefficient (Wildman–Crippen LogP) is 2.07. The number of ether oxygens (including phenoxy) is 1. The topological polar surface area (TPSA) is 50.4 Å². The van der Waals surface area contributed by atoms with E-state index < -0.39 is 5.82 Å². The Hall–Kier alpha value is -0.980. The molecular weight excluding hydrogens is 303 g/mol. The predicted molar refractivity (Wildman–Crippen MR) is 72.2 cm³/mol. The van der Waals surface area contributed by atoms with Crippen LogP contribution in [0.4, 0.5) is 10.1 Å². The smallest absolute Gasteiger partial charge is 0.238 e. The van der Waals surface area contributed by atoms with Gasteiger partial charge in [0.2, 0.25) is 5.91 Å². The maximum atomic E-state index is 13.3. The molecule has 0 aliphatic rings. The zero-order chi connectivity index (χ0) is 13.5. The van der Waals surface area contributed by atoms with Crippen molar-refractivity contribution in [3.8, 4) is 0 Å². The molecule has 4 nitrogen and oxygen atoms in total. The zero-order valence-corrected chi connectivity index (χ0v) is 11.9. The second-order valence-electron chi connectivity index (χ2n) is 3.80. The van der Waals surface area contributed by atoms with Gasteiger partial charge in [-0.2, -0.15) is 0 Å². The maximum absolute atomic E-state index is 13.3. The minimum Gasteiger partial charge on any atom is -0.383 e. The summed E-state index contributed by atoms with van der Waals surface area (Å²) in [4.78, 5) is 11.6. The normalized spacial score (nSPS) is 10.4.